The van der Waals surface area contributed by atoms with E-state index in [2.05, 4.69) is 10.3 Å². The van der Waals surface area contributed by atoms with E-state index in [1.54, 1.807) is 38.5 Å². The quantitative estimate of drug-likeness (QED) is 0.520. The van der Waals surface area contributed by atoms with Gasteiger partial charge in [0.25, 0.3) is 5.91 Å². The number of nitrogens with zero attached hydrogens (tertiary/aromatic N) is 1. The Morgan fingerprint density at radius 2 is 1.93 bits per heavy atom. The molecule has 1 heterocycles. The van der Waals surface area contributed by atoms with Crippen molar-refractivity contribution in [3.63, 3.8) is 0 Å². The average Bonchev–Trinajstić information content (AvgIpc) is 2.72. The Kier molecular flexibility index (Phi) is 7.88. The number of amides is 1. The summed E-state index contributed by atoms with van der Waals surface area (Å²) in [6.07, 6.45) is 0.931. The highest BCUT2D eigenvalue weighted by atomic mass is 35.5. The minimum atomic E-state index is -1.15. The molecule has 144 valence electrons. The molecule has 0 bridgehead atoms. The number of nitrogens with one attached hydrogen (secondary N) is 1. The number of benzene rings is 1. The molecule has 2 rings (SSSR count). The number of alkyl halides is 1. The van der Waals surface area contributed by atoms with Crippen molar-refractivity contribution in [2.24, 2.45) is 0 Å². The van der Waals surface area contributed by atoms with Crippen LogP contribution in [0.3, 0.4) is 0 Å². The third-order valence-electron chi connectivity index (χ3n) is 3.71. The van der Waals surface area contributed by atoms with E-state index in [-0.39, 0.29) is 5.88 Å². The van der Waals surface area contributed by atoms with Gasteiger partial charge in [0.1, 0.15) is 5.88 Å². The van der Waals surface area contributed by atoms with E-state index in [9.17, 15) is 9.59 Å². The Hall–Kier alpha value is -2.80. The van der Waals surface area contributed by atoms with Gasteiger partial charge < -0.3 is 19.5 Å². The number of rotatable bonds is 9. The van der Waals surface area contributed by atoms with Gasteiger partial charge in [0.15, 0.2) is 11.5 Å². The summed E-state index contributed by atoms with van der Waals surface area (Å²) in [6, 6.07) is 10.6. The van der Waals surface area contributed by atoms with Crippen molar-refractivity contribution in [1.82, 2.24) is 10.3 Å². The van der Waals surface area contributed by atoms with E-state index in [0.29, 0.717) is 30.2 Å². The summed E-state index contributed by atoms with van der Waals surface area (Å²) < 4.78 is 15.6. The standard InChI is InChI=1S/C19H21ClN2O5/c1-25-15-7-6-13(11-16(15)26-2)8-10-22-19(24)18(27-17(23)12-20)14-5-3-4-9-21-14/h3-7,9,11,18H,8,10,12H2,1-2H3,(H,22,24). The summed E-state index contributed by atoms with van der Waals surface area (Å²) >= 11 is 5.48. The number of hydrogen-bond donors (Lipinski definition) is 1. The molecule has 1 unspecified atom stereocenters. The molecule has 0 saturated carbocycles. The molecule has 0 aliphatic rings. The van der Waals surface area contributed by atoms with Crippen LogP contribution in [0.4, 0.5) is 0 Å². The summed E-state index contributed by atoms with van der Waals surface area (Å²) in [5.41, 5.74) is 1.29. The number of aromatic nitrogens is 1. The number of esters is 1. The summed E-state index contributed by atoms with van der Waals surface area (Å²) in [4.78, 5) is 28.1. The molecular formula is C19H21ClN2O5. The van der Waals surface area contributed by atoms with Crippen molar-refractivity contribution < 1.29 is 23.8 Å². The predicted molar refractivity (Wildman–Crippen MR) is 100 cm³/mol. The van der Waals surface area contributed by atoms with E-state index >= 15 is 0 Å². The van der Waals surface area contributed by atoms with Gasteiger partial charge in [-0.15, -0.1) is 11.6 Å². The van der Waals surface area contributed by atoms with Crippen molar-refractivity contribution >= 4 is 23.5 Å². The van der Waals surface area contributed by atoms with Crippen LogP contribution in [0.5, 0.6) is 11.5 Å². The van der Waals surface area contributed by atoms with Crippen LogP contribution in [0.1, 0.15) is 17.4 Å². The molecule has 0 saturated heterocycles. The van der Waals surface area contributed by atoms with Crippen LogP contribution in [0.2, 0.25) is 0 Å². The van der Waals surface area contributed by atoms with Crippen molar-refractivity contribution in [3.8, 4) is 11.5 Å². The predicted octanol–water partition coefficient (Wildman–Crippen LogP) is 2.28. The van der Waals surface area contributed by atoms with Crippen LogP contribution in [-0.4, -0.2) is 43.5 Å². The first-order valence-electron chi connectivity index (χ1n) is 8.24. The minimum Gasteiger partial charge on any atom is -0.493 e. The number of carbonyl (C=O) groups is 2. The molecular weight excluding hydrogens is 372 g/mol. The molecule has 8 heteroatoms. The SMILES string of the molecule is COc1ccc(CCNC(=O)C(OC(=O)CCl)c2ccccn2)cc1OC. The molecule has 0 aliphatic carbocycles. The van der Waals surface area contributed by atoms with E-state index in [1.807, 2.05) is 12.1 Å². The van der Waals surface area contributed by atoms with Gasteiger partial charge in [-0.3, -0.25) is 14.6 Å². The Bertz CT molecular complexity index is 770. The molecule has 1 N–H and O–H groups in total. The topological polar surface area (TPSA) is 86.8 Å². The van der Waals surface area contributed by atoms with Crippen LogP contribution < -0.4 is 14.8 Å². The van der Waals surface area contributed by atoms with Gasteiger partial charge in [0, 0.05) is 12.7 Å². The Morgan fingerprint density at radius 3 is 2.56 bits per heavy atom. The molecule has 1 amide bonds. The third kappa shape index (κ3) is 5.86. The maximum atomic E-state index is 12.5. The van der Waals surface area contributed by atoms with Gasteiger partial charge in [-0.25, -0.2) is 0 Å². The fourth-order valence-electron chi connectivity index (χ4n) is 2.40. The zero-order valence-electron chi connectivity index (χ0n) is 15.1. The monoisotopic (exact) mass is 392 g/mol. The number of pyridine rings is 1. The second-order valence-electron chi connectivity index (χ2n) is 5.49. The largest absolute Gasteiger partial charge is 0.493 e. The number of halogens is 1. The van der Waals surface area contributed by atoms with Crippen molar-refractivity contribution in [2.75, 3.05) is 26.6 Å². The number of hydrogen-bond acceptors (Lipinski definition) is 6. The van der Waals surface area contributed by atoms with E-state index in [4.69, 9.17) is 25.8 Å². The lowest BCUT2D eigenvalue weighted by Crippen LogP contribution is -2.34. The molecule has 0 fully saturated rings. The lowest BCUT2D eigenvalue weighted by molar-refractivity contribution is -0.154. The fourth-order valence-corrected chi connectivity index (χ4v) is 2.46. The van der Waals surface area contributed by atoms with E-state index in [0.717, 1.165) is 5.56 Å². The first-order valence-corrected chi connectivity index (χ1v) is 8.77. The Morgan fingerprint density at radius 1 is 1.15 bits per heavy atom. The van der Waals surface area contributed by atoms with Gasteiger partial charge in [-0.2, -0.15) is 0 Å². The van der Waals surface area contributed by atoms with Crippen LogP contribution in [0.25, 0.3) is 0 Å². The second kappa shape index (κ2) is 10.4. The number of carbonyl (C=O) groups excluding carboxylic acids is 2. The zero-order chi connectivity index (χ0) is 19.6. The highest BCUT2D eigenvalue weighted by molar-refractivity contribution is 6.26. The van der Waals surface area contributed by atoms with Crippen molar-refractivity contribution in [2.45, 2.75) is 12.5 Å². The second-order valence-corrected chi connectivity index (χ2v) is 5.76. The van der Waals surface area contributed by atoms with Crippen LogP contribution in [0, 0.1) is 0 Å². The summed E-state index contributed by atoms with van der Waals surface area (Å²) in [5, 5.41) is 2.75. The summed E-state index contributed by atoms with van der Waals surface area (Å²) in [7, 11) is 3.13. The molecule has 1 aromatic carbocycles. The highest BCUT2D eigenvalue weighted by Crippen LogP contribution is 2.27. The van der Waals surface area contributed by atoms with Crippen LogP contribution in [-0.2, 0) is 20.7 Å². The first-order chi connectivity index (χ1) is 13.1. The van der Waals surface area contributed by atoms with Gasteiger partial charge in [0.05, 0.1) is 19.9 Å². The summed E-state index contributed by atoms with van der Waals surface area (Å²) in [5.74, 6) is -0.255. The molecule has 7 nitrogen and oxygen atoms in total. The zero-order valence-corrected chi connectivity index (χ0v) is 15.9. The molecule has 27 heavy (non-hydrogen) atoms. The fraction of sp³-hybridized carbons (Fsp3) is 0.316. The Balaban J connectivity index is 2.00. The van der Waals surface area contributed by atoms with E-state index in [1.165, 1.54) is 6.20 Å². The minimum absolute atomic E-state index is 0.333. The maximum Gasteiger partial charge on any atom is 0.322 e. The molecule has 1 aromatic heterocycles. The molecule has 2 aromatic rings. The average molecular weight is 393 g/mol. The Labute approximate surface area is 162 Å². The lowest BCUT2D eigenvalue weighted by Gasteiger charge is -2.17. The summed E-state index contributed by atoms with van der Waals surface area (Å²) in [6.45, 7) is 0.343. The van der Waals surface area contributed by atoms with E-state index < -0.39 is 18.0 Å². The normalized spacial score (nSPS) is 11.4. The van der Waals surface area contributed by atoms with Crippen molar-refractivity contribution in [1.29, 1.82) is 0 Å². The first kappa shape index (κ1) is 20.5. The maximum absolute atomic E-state index is 12.5. The van der Waals surface area contributed by atoms with Crippen LogP contribution >= 0.6 is 11.6 Å². The molecule has 0 aliphatic heterocycles. The van der Waals surface area contributed by atoms with Gasteiger partial charge in [-0.05, 0) is 36.2 Å². The van der Waals surface area contributed by atoms with Crippen molar-refractivity contribution in [3.05, 3.63) is 53.9 Å². The molecule has 0 spiro atoms. The molecule has 0 radical (unpaired) electrons. The molecule has 1 atom stereocenters. The van der Waals surface area contributed by atoms with Gasteiger partial charge in [-0.1, -0.05) is 12.1 Å². The highest BCUT2D eigenvalue weighted by Gasteiger charge is 2.25. The van der Waals surface area contributed by atoms with Gasteiger partial charge in [0.2, 0.25) is 6.10 Å². The van der Waals surface area contributed by atoms with Gasteiger partial charge >= 0.3 is 5.97 Å². The van der Waals surface area contributed by atoms with Crippen LogP contribution in [0.15, 0.2) is 42.6 Å². The number of ether oxygens (including phenoxy) is 3. The number of methoxy groups -OCH3 is 2. The third-order valence-corrected chi connectivity index (χ3v) is 3.93. The smallest absolute Gasteiger partial charge is 0.322 e. The lowest BCUT2D eigenvalue weighted by atomic mass is 10.1.